The highest BCUT2D eigenvalue weighted by Gasteiger charge is 2.29. The highest BCUT2D eigenvalue weighted by molar-refractivity contribution is 8.00. The fraction of sp³-hybridized carbons (Fsp3) is 0.462. The van der Waals surface area contributed by atoms with E-state index in [2.05, 4.69) is 12.2 Å². The van der Waals surface area contributed by atoms with Crippen molar-refractivity contribution in [3.8, 4) is 0 Å². The maximum Gasteiger partial charge on any atom is 0.337 e. The van der Waals surface area contributed by atoms with Gasteiger partial charge in [0, 0.05) is 17.0 Å². The second-order valence-corrected chi connectivity index (χ2v) is 6.66. The number of hydrogen-bond acceptors (Lipinski definition) is 4. The molecule has 4 N–H and O–H groups in total. The van der Waals surface area contributed by atoms with E-state index in [1.165, 1.54) is 6.07 Å². The van der Waals surface area contributed by atoms with E-state index in [1.807, 2.05) is 11.8 Å². The zero-order valence-corrected chi connectivity index (χ0v) is 11.5. The van der Waals surface area contributed by atoms with Crippen LogP contribution < -0.4 is 11.1 Å². The molecule has 1 aliphatic rings. The second kappa shape index (κ2) is 5.28. The maximum absolute atomic E-state index is 13.8. The van der Waals surface area contributed by atoms with Crippen LogP contribution in [0.2, 0.25) is 0 Å². The van der Waals surface area contributed by atoms with Crippen molar-refractivity contribution in [3.63, 3.8) is 0 Å². The first-order chi connectivity index (χ1) is 8.91. The van der Waals surface area contributed by atoms with Gasteiger partial charge in [-0.15, -0.1) is 0 Å². The lowest BCUT2D eigenvalue weighted by Crippen LogP contribution is -2.27. The van der Waals surface area contributed by atoms with Crippen LogP contribution in [0.25, 0.3) is 0 Å². The summed E-state index contributed by atoms with van der Waals surface area (Å²) in [5.74, 6) is -0.556. The number of carbonyl (C=O) groups is 1. The van der Waals surface area contributed by atoms with Crippen molar-refractivity contribution in [1.29, 1.82) is 0 Å². The Hall–Kier alpha value is -1.43. The minimum atomic E-state index is -1.15. The van der Waals surface area contributed by atoms with E-state index in [0.29, 0.717) is 6.54 Å². The topological polar surface area (TPSA) is 75.3 Å². The molecular formula is C13H17FN2O2S. The molecule has 1 unspecified atom stereocenters. The Morgan fingerprint density at radius 1 is 1.63 bits per heavy atom. The van der Waals surface area contributed by atoms with Crippen LogP contribution in [0.5, 0.6) is 0 Å². The summed E-state index contributed by atoms with van der Waals surface area (Å²) in [6, 6.07) is 2.31. The number of nitrogen functional groups attached to an aromatic ring is 1. The monoisotopic (exact) mass is 284 g/mol. The molecule has 0 spiro atoms. The Morgan fingerprint density at radius 2 is 2.37 bits per heavy atom. The molecule has 0 saturated carbocycles. The highest BCUT2D eigenvalue weighted by atomic mass is 32.2. The van der Waals surface area contributed by atoms with Crippen molar-refractivity contribution in [3.05, 3.63) is 23.5 Å². The van der Waals surface area contributed by atoms with Crippen LogP contribution in [-0.4, -0.2) is 28.1 Å². The van der Waals surface area contributed by atoms with E-state index >= 15 is 0 Å². The third kappa shape index (κ3) is 3.12. The summed E-state index contributed by atoms with van der Waals surface area (Å²) in [4.78, 5) is 11.0. The Morgan fingerprint density at radius 3 is 2.95 bits per heavy atom. The zero-order chi connectivity index (χ0) is 14.0. The van der Waals surface area contributed by atoms with Gasteiger partial charge in [-0.3, -0.25) is 0 Å². The van der Waals surface area contributed by atoms with Crippen molar-refractivity contribution in [2.75, 3.05) is 23.3 Å². The molecule has 1 saturated heterocycles. The molecule has 0 radical (unpaired) electrons. The molecule has 1 heterocycles. The van der Waals surface area contributed by atoms with Crippen LogP contribution in [0.1, 0.15) is 30.1 Å². The number of rotatable bonds is 4. The number of hydrogen-bond donors (Lipinski definition) is 3. The predicted octanol–water partition coefficient (Wildman–Crippen LogP) is 2.80. The molecule has 1 aromatic carbocycles. The molecule has 0 aliphatic carbocycles. The van der Waals surface area contributed by atoms with E-state index < -0.39 is 11.8 Å². The molecular weight excluding hydrogens is 267 g/mol. The summed E-state index contributed by atoms with van der Waals surface area (Å²) in [5.41, 5.74) is 5.54. The molecule has 0 aromatic heterocycles. The van der Waals surface area contributed by atoms with Crippen molar-refractivity contribution < 1.29 is 14.3 Å². The van der Waals surface area contributed by atoms with Gasteiger partial charge in [-0.25, -0.2) is 9.18 Å². The zero-order valence-electron chi connectivity index (χ0n) is 10.7. The van der Waals surface area contributed by atoms with E-state index in [0.717, 1.165) is 24.7 Å². The summed E-state index contributed by atoms with van der Waals surface area (Å²) in [5, 5.41) is 12.0. The number of nitrogens with two attached hydrogens (primary N) is 1. The van der Waals surface area contributed by atoms with E-state index in [1.54, 1.807) is 0 Å². The normalized spacial score (nSPS) is 22.4. The van der Waals surface area contributed by atoms with Crippen LogP contribution in [0.4, 0.5) is 15.8 Å². The Kier molecular flexibility index (Phi) is 3.89. The molecule has 0 bridgehead atoms. The van der Waals surface area contributed by atoms with Crippen LogP contribution in [0.3, 0.4) is 0 Å². The summed E-state index contributed by atoms with van der Waals surface area (Å²) in [7, 11) is 0. The summed E-state index contributed by atoms with van der Waals surface area (Å²) < 4.78 is 13.8. The molecule has 104 valence electrons. The minimum absolute atomic E-state index is 0.0583. The first-order valence-corrected chi connectivity index (χ1v) is 7.10. The van der Waals surface area contributed by atoms with Gasteiger partial charge in [0.15, 0.2) is 0 Å². The van der Waals surface area contributed by atoms with Crippen LogP contribution >= 0.6 is 11.8 Å². The first-order valence-electron chi connectivity index (χ1n) is 6.11. The SMILES string of the molecule is CC1(CNc2cc(C(=O)O)c(N)cc2F)CCCS1. The summed E-state index contributed by atoms with van der Waals surface area (Å²) in [6.07, 6.45) is 2.24. The van der Waals surface area contributed by atoms with Gasteiger partial charge in [-0.1, -0.05) is 0 Å². The number of anilines is 2. The largest absolute Gasteiger partial charge is 0.478 e. The van der Waals surface area contributed by atoms with E-state index in [9.17, 15) is 9.18 Å². The van der Waals surface area contributed by atoms with E-state index in [4.69, 9.17) is 10.8 Å². The molecule has 4 nitrogen and oxygen atoms in total. The van der Waals surface area contributed by atoms with Gasteiger partial charge in [0.1, 0.15) is 5.82 Å². The van der Waals surface area contributed by atoms with Gasteiger partial charge in [0.2, 0.25) is 0 Å². The van der Waals surface area contributed by atoms with Crippen molar-refractivity contribution in [1.82, 2.24) is 0 Å². The van der Waals surface area contributed by atoms with Crippen LogP contribution in [-0.2, 0) is 0 Å². The van der Waals surface area contributed by atoms with Gasteiger partial charge >= 0.3 is 5.97 Å². The van der Waals surface area contributed by atoms with Crippen LogP contribution in [0, 0.1) is 5.82 Å². The van der Waals surface area contributed by atoms with Gasteiger partial charge in [-0.05, 0) is 37.7 Å². The molecule has 2 rings (SSSR count). The van der Waals surface area contributed by atoms with Crippen molar-refractivity contribution in [2.24, 2.45) is 0 Å². The second-order valence-electron chi connectivity index (χ2n) is 4.98. The number of nitrogens with one attached hydrogen (secondary N) is 1. The molecule has 1 aliphatic heterocycles. The molecule has 1 atom stereocenters. The average Bonchev–Trinajstić information content (AvgIpc) is 2.75. The third-order valence-electron chi connectivity index (χ3n) is 3.32. The number of aromatic carboxylic acids is 1. The van der Waals surface area contributed by atoms with Gasteiger partial charge in [0.25, 0.3) is 0 Å². The smallest absolute Gasteiger partial charge is 0.337 e. The fourth-order valence-corrected chi connectivity index (χ4v) is 3.41. The molecule has 1 fully saturated rings. The Labute approximate surface area is 115 Å². The van der Waals surface area contributed by atoms with Gasteiger partial charge < -0.3 is 16.2 Å². The van der Waals surface area contributed by atoms with Gasteiger partial charge in [0.05, 0.1) is 11.3 Å². The average molecular weight is 284 g/mol. The number of halogens is 1. The molecule has 19 heavy (non-hydrogen) atoms. The summed E-state index contributed by atoms with van der Waals surface area (Å²) >= 11 is 1.86. The lowest BCUT2D eigenvalue weighted by Gasteiger charge is -2.24. The highest BCUT2D eigenvalue weighted by Crippen LogP contribution is 2.38. The predicted molar refractivity (Wildman–Crippen MR) is 76.4 cm³/mol. The minimum Gasteiger partial charge on any atom is -0.478 e. The molecule has 0 amide bonds. The molecule has 1 aromatic rings. The number of carboxylic acids is 1. The quantitative estimate of drug-likeness (QED) is 0.741. The van der Waals surface area contributed by atoms with Gasteiger partial charge in [-0.2, -0.15) is 11.8 Å². The number of carboxylic acid groups (broad SMARTS) is 1. The van der Waals surface area contributed by atoms with Crippen molar-refractivity contribution >= 4 is 29.1 Å². The standard InChI is InChI=1S/C13H17FN2O2S/c1-13(3-2-4-19-13)7-16-11-5-8(12(17)18)10(15)6-9(11)14/h5-6,16H,2-4,7,15H2,1H3,(H,17,18). The first kappa shape index (κ1) is 14.0. The number of thioether (sulfide) groups is 1. The lowest BCUT2D eigenvalue weighted by atomic mass is 10.1. The van der Waals surface area contributed by atoms with Crippen molar-refractivity contribution in [2.45, 2.75) is 24.5 Å². The van der Waals surface area contributed by atoms with E-state index in [-0.39, 0.29) is 21.7 Å². The lowest BCUT2D eigenvalue weighted by molar-refractivity contribution is 0.0698. The maximum atomic E-state index is 13.8. The Bertz CT molecular complexity index is 502. The Balaban J connectivity index is 2.15. The number of benzene rings is 1. The van der Waals surface area contributed by atoms with Crippen LogP contribution in [0.15, 0.2) is 12.1 Å². The fourth-order valence-electron chi connectivity index (χ4n) is 2.17. The summed E-state index contributed by atoms with van der Waals surface area (Å²) in [6.45, 7) is 2.74. The molecule has 6 heteroatoms. The third-order valence-corrected chi connectivity index (χ3v) is 4.86.